The van der Waals surface area contributed by atoms with Gasteiger partial charge in [-0.25, -0.2) is 12.8 Å². The molecule has 1 saturated heterocycles. The normalized spacial score (nSPS) is 17.5. The van der Waals surface area contributed by atoms with E-state index < -0.39 is 21.8 Å². The molecule has 0 aromatic heterocycles. The van der Waals surface area contributed by atoms with Gasteiger partial charge in [0.2, 0.25) is 15.9 Å². The predicted molar refractivity (Wildman–Crippen MR) is 113 cm³/mol. The Labute approximate surface area is 185 Å². The molecule has 0 bridgehead atoms. The lowest BCUT2D eigenvalue weighted by Gasteiger charge is -2.31. The molecule has 1 fully saturated rings. The van der Waals surface area contributed by atoms with Gasteiger partial charge in [-0.2, -0.15) is 4.31 Å². The number of hydrogen-bond donors (Lipinski definition) is 1. The second-order valence-corrected chi connectivity index (χ2v) is 9.70. The number of halogens is 3. The molecule has 6 nitrogen and oxygen atoms in total. The second kappa shape index (κ2) is 9.51. The molecule has 162 valence electrons. The van der Waals surface area contributed by atoms with Crippen molar-refractivity contribution < 1.29 is 22.3 Å². The lowest BCUT2D eigenvalue weighted by Crippen LogP contribution is -2.45. The standard InChI is InChI=1S/C20H21Cl2FN2O4S/c1-29-18-7-6-16(23)10-19(18)30(27,28)25-8-2-3-14(12-25)20(26)24-11-13-4-5-15(21)9-17(13)22/h4-7,9-10,14H,2-3,8,11-12H2,1H3,(H,24,26)/t14-/m1/s1. The van der Waals surface area contributed by atoms with Crippen LogP contribution in [-0.4, -0.2) is 38.8 Å². The Bertz CT molecular complexity index is 1050. The van der Waals surface area contributed by atoms with Crippen molar-refractivity contribution in [3.05, 3.63) is 57.8 Å². The molecule has 1 aliphatic heterocycles. The molecule has 2 aromatic rings. The zero-order valence-corrected chi connectivity index (χ0v) is 18.5. The van der Waals surface area contributed by atoms with Crippen LogP contribution in [0, 0.1) is 11.7 Å². The van der Waals surface area contributed by atoms with Crippen molar-refractivity contribution in [1.29, 1.82) is 0 Å². The number of hydrogen-bond acceptors (Lipinski definition) is 4. The molecule has 1 aliphatic rings. The zero-order valence-electron chi connectivity index (χ0n) is 16.2. The molecule has 30 heavy (non-hydrogen) atoms. The highest BCUT2D eigenvalue weighted by molar-refractivity contribution is 7.89. The molecule has 0 aliphatic carbocycles. The van der Waals surface area contributed by atoms with E-state index in [0.717, 1.165) is 12.1 Å². The number of nitrogens with one attached hydrogen (secondary N) is 1. The minimum absolute atomic E-state index is 0.00217. The molecule has 0 saturated carbocycles. The fraction of sp³-hybridized carbons (Fsp3) is 0.350. The fourth-order valence-electron chi connectivity index (χ4n) is 3.36. The van der Waals surface area contributed by atoms with Crippen LogP contribution in [-0.2, 0) is 21.4 Å². The number of piperidine rings is 1. The second-order valence-electron chi connectivity index (χ2n) is 6.95. The van der Waals surface area contributed by atoms with Gasteiger partial charge >= 0.3 is 0 Å². The molecule has 0 radical (unpaired) electrons. The topological polar surface area (TPSA) is 75.7 Å². The number of carbonyl (C=O) groups excluding carboxylic acids is 1. The van der Waals surface area contributed by atoms with Gasteiger partial charge in [0.25, 0.3) is 0 Å². The SMILES string of the molecule is COc1ccc(F)cc1S(=O)(=O)N1CCC[C@@H](C(=O)NCc2ccc(Cl)cc2Cl)C1. The average molecular weight is 475 g/mol. The van der Waals surface area contributed by atoms with Crippen molar-refractivity contribution in [2.24, 2.45) is 5.92 Å². The van der Waals surface area contributed by atoms with Crippen molar-refractivity contribution in [1.82, 2.24) is 9.62 Å². The first-order chi connectivity index (χ1) is 14.2. The minimum atomic E-state index is -4.02. The van der Waals surface area contributed by atoms with Crippen LogP contribution in [0.3, 0.4) is 0 Å². The number of benzene rings is 2. The Balaban J connectivity index is 1.71. The van der Waals surface area contributed by atoms with Gasteiger partial charge < -0.3 is 10.1 Å². The first-order valence-corrected chi connectivity index (χ1v) is 11.5. The summed E-state index contributed by atoms with van der Waals surface area (Å²) in [6.07, 6.45) is 1.06. The third kappa shape index (κ3) is 5.06. The number of nitrogens with zero attached hydrogens (tertiary/aromatic N) is 1. The first kappa shape index (κ1) is 22.8. The smallest absolute Gasteiger partial charge is 0.246 e. The van der Waals surface area contributed by atoms with Crippen LogP contribution in [0.4, 0.5) is 4.39 Å². The van der Waals surface area contributed by atoms with Gasteiger partial charge in [0.05, 0.1) is 13.0 Å². The quantitative estimate of drug-likeness (QED) is 0.689. The van der Waals surface area contributed by atoms with E-state index in [0.29, 0.717) is 28.5 Å². The van der Waals surface area contributed by atoms with Crippen molar-refractivity contribution >= 4 is 39.1 Å². The number of methoxy groups -OCH3 is 1. The van der Waals surface area contributed by atoms with E-state index in [1.807, 2.05) is 0 Å². The number of ether oxygens (including phenoxy) is 1. The number of amides is 1. The van der Waals surface area contributed by atoms with Crippen molar-refractivity contribution in [2.75, 3.05) is 20.2 Å². The summed E-state index contributed by atoms with van der Waals surface area (Å²) in [7, 11) is -2.70. The summed E-state index contributed by atoms with van der Waals surface area (Å²) in [5.41, 5.74) is 0.708. The molecule has 1 amide bonds. The van der Waals surface area contributed by atoms with E-state index in [1.54, 1.807) is 18.2 Å². The molecule has 10 heteroatoms. The van der Waals surface area contributed by atoms with E-state index in [-0.39, 0.29) is 36.2 Å². The van der Waals surface area contributed by atoms with Gasteiger partial charge in [-0.05, 0) is 48.7 Å². The van der Waals surface area contributed by atoms with Gasteiger partial charge in [-0.1, -0.05) is 29.3 Å². The summed E-state index contributed by atoms with van der Waals surface area (Å²) < 4.78 is 46.1. The largest absolute Gasteiger partial charge is 0.495 e. The maximum atomic E-state index is 13.7. The van der Waals surface area contributed by atoms with Gasteiger partial charge in [0.1, 0.15) is 16.5 Å². The van der Waals surface area contributed by atoms with Crippen LogP contribution >= 0.6 is 23.2 Å². The van der Waals surface area contributed by atoms with Crippen molar-refractivity contribution in [3.8, 4) is 5.75 Å². The fourth-order valence-corrected chi connectivity index (χ4v) is 5.52. The third-order valence-corrected chi connectivity index (χ3v) is 7.44. The Hall–Kier alpha value is -1.87. The van der Waals surface area contributed by atoms with Crippen LogP contribution in [0.15, 0.2) is 41.3 Å². The zero-order chi connectivity index (χ0) is 21.9. The Morgan fingerprint density at radius 3 is 2.73 bits per heavy atom. The number of sulfonamides is 1. The molecule has 1 heterocycles. The molecular weight excluding hydrogens is 454 g/mol. The molecule has 0 spiro atoms. The van der Waals surface area contributed by atoms with Crippen molar-refractivity contribution in [2.45, 2.75) is 24.3 Å². The number of carbonyl (C=O) groups is 1. The van der Waals surface area contributed by atoms with E-state index in [9.17, 15) is 17.6 Å². The Kier molecular flexibility index (Phi) is 7.23. The minimum Gasteiger partial charge on any atom is -0.495 e. The molecule has 2 aromatic carbocycles. The van der Waals surface area contributed by atoms with Crippen LogP contribution in [0.2, 0.25) is 10.0 Å². The average Bonchev–Trinajstić information content (AvgIpc) is 2.73. The van der Waals surface area contributed by atoms with E-state index in [4.69, 9.17) is 27.9 Å². The maximum absolute atomic E-state index is 13.7. The molecule has 1 atom stereocenters. The lowest BCUT2D eigenvalue weighted by atomic mass is 9.99. The summed E-state index contributed by atoms with van der Waals surface area (Å²) >= 11 is 12.0. The van der Waals surface area contributed by atoms with E-state index in [2.05, 4.69) is 5.32 Å². The summed E-state index contributed by atoms with van der Waals surface area (Å²) in [6, 6.07) is 8.32. The summed E-state index contributed by atoms with van der Waals surface area (Å²) in [5.74, 6) is -1.42. The van der Waals surface area contributed by atoms with Gasteiger partial charge in [-0.15, -0.1) is 0 Å². The van der Waals surface area contributed by atoms with Gasteiger partial charge in [0.15, 0.2) is 0 Å². The first-order valence-electron chi connectivity index (χ1n) is 9.27. The predicted octanol–water partition coefficient (Wildman–Crippen LogP) is 3.86. The summed E-state index contributed by atoms with van der Waals surface area (Å²) in [6.45, 7) is 0.451. The van der Waals surface area contributed by atoms with Gasteiger partial charge in [0, 0.05) is 29.7 Å². The summed E-state index contributed by atoms with van der Waals surface area (Å²) in [4.78, 5) is 12.4. The van der Waals surface area contributed by atoms with Crippen molar-refractivity contribution in [3.63, 3.8) is 0 Å². The maximum Gasteiger partial charge on any atom is 0.246 e. The highest BCUT2D eigenvalue weighted by Crippen LogP contribution is 2.30. The van der Waals surface area contributed by atoms with E-state index >= 15 is 0 Å². The molecule has 1 N–H and O–H groups in total. The van der Waals surface area contributed by atoms with Crippen LogP contribution in [0.1, 0.15) is 18.4 Å². The van der Waals surface area contributed by atoms with Crippen LogP contribution in [0.5, 0.6) is 5.75 Å². The van der Waals surface area contributed by atoms with E-state index in [1.165, 1.54) is 17.5 Å². The van der Waals surface area contributed by atoms with Crippen LogP contribution in [0.25, 0.3) is 0 Å². The summed E-state index contributed by atoms with van der Waals surface area (Å²) in [5, 5.41) is 3.73. The third-order valence-electron chi connectivity index (χ3n) is 4.97. The highest BCUT2D eigenvalue weighted by atomic mass is 35.5. The number of rotatable bonds is 6. The molecular formula is C20H21Cl2FN2O4S. The Morgan fingerprint density at radius 2 is 2.03 bits per heavy atom. The molecule has 3 rings (SSSR count). The lowest BCUT2D eigenvalue weighted by molar-refractivity contribution is -0.126. The van der Waals surface area contributed by atoms with Crippen LogP contribution < -0.4 is 10.1 Å². The van der Waals surface area contributed by atoms with Gasteiger partial charge in [-0.3, -0.25) is 4.79 Å². The highest BCUT2D eigenvalue weighted by Gasteiger charge is 2.35. The molecule has 0 unspecified atom stereocenters. The monoisotopic (exact) mass is 474 g/mol. The Morgan fingerprint density at radius 1 is 1.27 bits per heavy atom.